The molecule has 2 aromatic rings. The normalized spacial score (nSPS) is 9.45. The maximum Gasteiger partial charge on any atom is 0.315 e. The highest BCUT2D eigenvalue weighted by molar-refractivity contribution is 7.09. The summed E-state index contributed by atoms with van der Waals surface area (Å²) in [5, 5.41) is 7.26. The molecule has 0 saturated heterocycles. The Morgan fingerprint density at radius 1 is 1.20 bits per heavy atom. The van der Waals surface area contributed by atoms with Gasteiger partial charge in [-0.05, 0) is 23.6 Å². The molecule has 0 aliphatic rings. The molecule has 0 radical (unpaired) electrons. The Hall–Kier alpha value is -2.32. The molecule has 1 aromatic heterocycles. The highest BCUT2D eigenvalue weighted by Gasteiger charge is 1.99. The van der Waals surface area contributed by atoms with Crippen molar-refractivity contribution in [2.24, 2.45) is 0 Å². The van der Waals surface area contributed by atoms with Crippen molar-refractivity contribution in [2.75, 3.05) is 6.54 Å². The second-order valence-corrected chi connectivity index (χ2v) is 4.93. The molecular formula is C15H13FN2OS. The Balaban J connectivity index is 1.73. The molecule has 0 unspecified atom stereocenters. The van der Waals surface area contributed by atoms with E-state index in [0.29, 0.717) is 12.1 Å². The molecule has 0 fully saturated rings. The molecule has 1 aromatic carbocycles. The van der Waals surface area contributed by atoms with Gasteiger partial charge in [0.25, 0.3) is 0 Å². The first-order chi connectivity index (χ1) is 9.75. The molecule has 102 valence electrons. The van der Waals surface area contributed by atoms with Gasteiger partial charge in [0.05, 0.1) is 18.7 Å². The lowest BCUT2D eigenvalue weighted by atomic mass is 10.2. The lowest BCUT2D eigenvalue weighted by Crippen LogP contribution is -2.34. The second kappa shape index (κ2) is 7.31. The van der Waals surface area contributed by atoms with E-state index in [4.69, 9.17) is 0 Å². The van der Waals surface area contributed by atoms with Crippen LogP contribution in [0.3, 0.4) is 0 Å². The zero-order chi connectivity index (χ0) is 14.2. The molecular weight excluding hydrogens is 275 g/mol. The van der Waals surface area contributed by atoms with E-state index in [9.17, 15) is 9.18 Å². The van der Waals surface area contributed by atoms with E-state index in [1.807, 2.05) is 17.5 Å². The monoisotopic (exact) mass is 288 g/mol. The third-order valence-electron chi connectivity index (χ3n) is 2.44. The summed E-state index contributed by atoms with van der Waals surface area (Å²) in [5.41, 5.74) is 0.327. The van der Waals surface area contributed by atoms with E-state index in [1.54, 1.807) is 29.5 Å². The third kappa shape index (κ3) is 4.41. The Kier molecular flexibility index (Phi) is 5.15. The Morgan fingerprint density at radius 3 is 2.80 bits per heavy atom. The largest absolute Gasteiger partial charge is 0.333 e. The standard InChI is InChI=1S/C15H13FN2OS/c16-14-8-2-1-5-12(14)6-3-9-17-15(19)18-11-13-7-4-10-20-13/h1-2,4-5,7-8,10H,9,11H2,(H2,17,18,19). The molecule has 0 spiro atoms. The second-order valence-electron chi connectivity index (χ2n) is 3.90. The maximum atomic E-state index is 13.3. The summed E-state index contributed by atoms with van der Waals surface area (Å²) in [5.74, 6) is 5.02. The van der Waals surface area contributed by atoms with E-state index in [2.05, 4.69) is 22.5 Å². The number of urea groups is 1. The number of benzene rings is 1. The molecule has 0 aliphatic carbocycles. The van der Waals surface area contributed by atoms with Gasteiger partial charge in [0.2, 0.25) is 0 Å². The molecule has 0 bridgehead atoms. The van der Waals surface area contributed by atoms with Gasteiger partial charge in [-0.15, -0.1) is 11.3 Å². The summed E-state index contributed by atoms with van der Waals surface area (Å²) in [6, 6.07) is 9.86. The van der Waals surface area contributed by atoms with Gasteiger partial charge in [-0.1, -0.05) is 30.0 Å². The molecule has 0 atom stereocenters. The third-order valence-corrected chi connectivity index (χ3v) is 3.31. The molecule has 3 nitrogen and oxygen atoms in total. The van der Waals surface area contributed by atoms with Crippen molar-refractivity contribution in [3.63, 3.8) is 0 Å². The van der Waals surface area contributed by atoms with Crippen LogP contribution in [0.2, 0.25) is 0 Å². The number of thiophene rings is 1. The van der Waals surface area contributed by atoms with Crippen LogP contribution in [0.5, 0.6) is 0 Å². The van der Waals surface area contributed by atoms with Crippen molar-refractivity contribution in [2.45, 2.75) is 6.54 Å². The average molecular weight is 288 g/mol. The van der Waals surface area contributed by atoms with Crippen LogP contribution in [0.4, 0.5) is 9.18 Å². The van der Waals surface area contributed by atoms with E-state index in [1.165, 1.54) is 6.07 Å². The van der Waals surface area contributed by atoms with Gasteiger partial charge in [0.1, 0.15) is 5.82 Å². The number of carbonyl (C=O) groups excluding carboxylic acids is 1. The number of carbonyl (C=O) groups is 1. The van der Waals surface area contributed by atoms with Crippen molar-refractivity contribution >= 4 is 17.4 Å². The highest BCUT2D eigenvalue weighted by Crippen LogP contribution is 2.07. The van der Waals surface area contributed by atoms with Gasteiger partial charge in [0.15, 0.2) is 0 Å². The first kappa shape index (κ1) is 14.1. The quantitative estimate of drug-likeness (QED) is 0.838. The molecule has 2 N–H and O–H groups in total. The number of halogens is 1. The summed E-state index contributed by atoms with van der Waals surface area (Å²) in [7, 11) is 0. The van der Waals surface area contributed by atoms with Crippen LogP contribution in [0.1, 0.15) is 10.4 Å². The molecule has 2 rings (SSSR count). The van der Waals surface area contributed by atoms with E-state index in [0.717, 1.165) is 4.88 Å². The molecule has 0 aliphatic heterocycles. The minimum absolute atomic E-state index is 0.171. The van der Waals surface area contributed by atoms with Gasteiger partial charge in [-0.3, -0.25) is 0 Å². The summed E-state index contributed by atoms with van der Waals surface area (Å²) in [4.78, 5) is 12.5. The fourth-order valence-electron chi connectivity index (χ4n) is 1.47. The molecule has 0 saturated carbocycles. The van der Waals surface area contributed by atoms with Crippen LogP contribution in [-0.4, -0.2) is 12.6 Å². The first-order valence-electron chi connectivity index (χ1n) is 6.03. The fraction of sp³-hybridized carbons (Fsp3) is 0.133. The van der Waals surface area contributed by atoms with Crippen molar-refractivity contribution in [1.82, 2.24) is 10.6 Å². The summed E-state index contributed by atoms with van der Waals surface area (Å²) < 4.78 is 13.3. The highest BCUT2D eigenvalue weighted by atomic mass is 32.1. The van der Waals surface area contributed by atoms with Crippen molar-refractivity contribution < 1.29 is 9.18 Å². The molecule has 2 amide bonds. The predicted molar refractivity (Wildman–Crippen MR) is 77.8 cm³/mol. The van der Waals surface area contributed by atoms with Crippen LogP contribution >= 0.6 is 11.3 Å². The van der Waals surface area contributed by atoms with E-state index < -0.39 is 0 Å². The number of hydrogen-bond acceptors (Lipinski definition) is 2. The SMILES string of the molecule is O=C(NCC#Cc1ccccc1F)NCc1cccs1. The van der Waals surface area contributed by atoms with Crippen LogP contribution < -0.4 is 10.6 Å². The Morgan fingerprint density at radius 2 is 2.05 bits per heavy atom. The number of nitrogens with one attached hydrogen (secondary N) is 2. The average Bonchev–Trinajstić information content (AvgIpc) is 2.96. The van der Waals surface area contributed by atoms with Gasteiger partial charge in [0, 0.05) is 4.88 Å². The summed E-state index contributed by atoms with van der Waals surface area (Å²) >= 11 is 1.58. The minimum atomic E-state index is -0.359. The van der Waals surface area contributed by atoms with Crippen LogP contribution in [0, 0.1) is 17.7 Å². The Labute approximate surface area is 120 Å². The molecule has 20 heavy (non-hydrogen) atoms. The number of amides is 2. The van der Waals surface area contributed by atoms with Crippen molar-refractivity contribution in [3.8, 4) is 11.8 Å². The number of rotatable bonds is 3. The maximum absolute atomic E-state index is 13.3. The lowest BCUT2D eigenvalue weighted by molar-refractivity contribution is 0.242. The Bertz CT molecular complexity index is 629. The zero-order valence-corrected chi connectivity index (χ0v) is 11.5. The van der Waals surface area contributed by atoms with Crippen LogP contribution in [0.15, 0.2) is 41.8 Å². The van der Waals surface area contributed by atoms with Gasteiger partial charge in [-0.2, -0.15) is 0 Å². The van der Waals surface area contributed by atoms with Gasteiger partial charge in [-0.25, -0.2) is 9.18 Å². The minimum Gasteiger partial charge on any atom is -0.333 e. The fourth-order valence-corrected chi connectivity index (χ4v) is 2.11. The summed E-state index contributed by atoms with van der Waals surface area (Å²) in [6.07, 6.45) is 0. The van der Waals surface area contributed by atoms with Crippen LogP contribution in [-0.2, 0) is 6.54 Å². The zero-order valence-electron chi connectivity index (χ0n) is 10.7. The van der Waals surface area contributed by atoms with E-state index >= 15 is 0 Å². The van der Waals surface area contributed by atoms with E-state index in [-0.39, 0.29) is 18.4 Å². The van der Waals surface area contributed by atoms with Gasteiger partial charge >= 0.3 is 6.03 Å². The topological polar surface area (TPSA) is 41.1 Å². The van der Waals surface area contributed by atoms with Gasteiger partial charge < -0.3 is 10.6 Å². The molecule has 1 heterocycles. The van der Waals surface area contributed by atoms with Crippen molar-refractivity contribution in [3.05, 3.63) is 58.0 Å². The van der Waals surface area contributed by atoms with Crippen LogP contribution in [0.25, 0.3) is 0 Å². The first-order valence-corrected chi connectivity index (χ1v) is 6.91. The van der Waals surface area contributed by atoms with Crippen molar-refractivity contribution in [1.29, 1.82) is 0 Å². The number of hydrogen-bond donors (Lipinski definition) is 2. The predicted octanol–water partition coefficient (Wildman–Crippen LogP) is 2.74. The summed E-state index contributed by atoms with van der Waals surface area (Å²) in [6.45, 7) is 0.662. The lowest BCUT2D eigenvalue weighted by Gasteiger charge is -2.03. The smallest absolute Gasteiger partial charge is 0.315 e. The molecule has 5 heteroatoms.